The van der Waals surface area contributed by atoms with Crippen molar-refractivity contribution >= 4 is 37.1 Å². The van der Waals surface area contributed by atoms with Crippen molar-refractivity contribution < 1.29 is 16.8 Å². The number of anilines is 1. The maximum Gasteiger partial charge on any atom is 0.271 e. The Hall–Kier alpha value is -1.42. The molecule has 25 heavy (non-hydrogen) atoms. The Balaban J connectivity index is 1.85. The van der Waals surface area contributed by atoms with Gasteiger partial charge in [0.25, 0.3) is 10.0 Å². The van der Waals surface area contributed by atoms with Crippen LogP contribution in [0.1, 0.15) is 22.9 Å². The Morgan fingerprint density at radius 2 is 1.88 bits per heavy atom. The first-order valence-electron chi connectivity index (χ1n) is 7.87. The Labute approximate surface area is 152 Å². The summed E-state index contributed by atoms with van der Waals surface area (Å²) >= 11 is 1.25. The lowest BCUT2D eigenvalue weighted by Crippen LogP contribution is -2.35. The van der Waals surface area contributed by atoms with Gasteiger partial charge in [0, 0.05) is 23.7 Å². The van der Waals surface area contributed by atoms with Gasteiger partial charge in [-0.3, -0.25) is 4.72 Å². The summed E-state index contributed by atoms with van der Waals surface area (Å²) in [5.41, 5.74) is 2.32. The number of benzene rings is 1. The van der Waals surface area contributed by atoms with Crippen LogP contribution in [0, 0.1) is 0 Å². The lowest BCUT2D eigenvalue weighted by Gasteiger charge is -2.27. The molecular formula is C16H20N2O4S3. The quantitative estimate of drug-likeness (QED) is 0.835. The molecule has 3 rings (SSSR count). The molecule has 9 heteroatoms. The fourth-order valence-electron chi connectivity index (χ4n) is 2.78. The van der Waals surface area contributed by atoms with Crippen molar-refractivity contribution in [2.75, 3.05) is 17.5 Å². The molecule has 1 N–H and O–H groups in total. The zero-order chi connectivity index (χ0) is 18.2. The van der Waals surface area contributed by atoms with E-state index in [0.717, 1.165) is 22.4 Å². The molecule has 0 bridgehead atoms. The Morgan fingerprint density at radius 3 is 2.52 bits per heavy atom. The highest BCUT2D eigenvalue weighted by Gasteiger charge is 2.24. The van der Waals surface area contributed by atoms with Gasteiger partial charge in [0.15, 0.2) is 0 Å². The van der Waals surface area contributed by atoms with Gasteiger partial charge < -0.3 is 0 Å². The van der Waals surface area contributed by atoms with E-state index in [0.29, 0.717) is 18.7 Å². The summed E-state index contributed by atoms with van der Waals surface area (Å²) in [6.07, 6.45) is 2.60. The third-order valence-electron chi connectivity index (χ3n) is 4.16. The minimum Gasteiger partial charge on any atom is -0.279 e. The van der Waals surface area contributed by atoms with Crippen LogP contribution in [0.4, 0.5) is 5.69 Å². The number of nitrogens with one attached hydrogen (secondary N) is 1. The van der Waals surface area contributed by atoms with Crippen LogP contribution in [-0.4, -0.2) is 33.9 Å². The average Bonchev–Trinajstić information content (AvgIpc) is 3.03. The normalized spacial score (nSPS) is 15.8. The largest absolute Gasteiger partial charge is 0.279 e. The molecule has 136 valence electrons. The molecule has 0 spiro atoms. The first-order chi connectivity index (χ1) is 11.7. The fraction of sp³-hybridized carbons (Fsp3) is 0.375. The van der Waals surface area contributed by atoms with E-state index < -0.39 is 20.0 Å². The maximum atomic E-state index is 12.5. The predicted octanol–water partition coefficient (Wildman–Crippen LogP) is 2.43. The minimum atomic E-state index is -3.63. The van der Waals surface area contributed by atoms with Gasteiger partial charge in [0.05, 0.1) is 6.26 Å². The van der Waals surface area contributed by atoms with Crippen LogP contribution in [0.15, 0.2) is 34.5 Å². The molecule has 2 heterocycles. The summed E-state index contributed by atoms with van der Waals surface area (Å²) in [6, 6.07) is 8.73. The van der Waals surface area contributed by atoms with E-state index >= 15 is 0 Å². The van der Waals surface area contributed by atoms with E-state index in [9.17, 15) is 16.8 Å². The van der Waals surface area contributed by atoms with E-state index in [2.05, 4.69) is 4.72 Å². The maximum absolute atomic E-state index is 12.5. The molecule has 0 atom stereocenters. The van der Waals surface area contributed by atoms with Crippen LogP contribution in [0.3, 0.4) is 0 Å². The highest BCUT2D eigenvalue weighted by atomic mass is 32.2. The van der Waals surface area contributed by atoms with Crippen LogP contribution in [-0.2, 0) is 39.4 Å². The zero-order valence-electron chi connectivity index (χ0n) is 14.0. The second-order valence-electron chi connectivity index (χ2n) is 6.01. The molecule has 0 amide bonds. The van der Waals surface area contributed by atoms with Gasteiger partial charge >= 0.3 is 0 Å². The Kier molecular flexibility index (Phi) is 4.93. The monoisotopic (exact) mass is 400 g/mol. The van der Waals surface area contributed by atoms with Crippen molar-refractivity contribution in [1.82, 2.24) is 4.31 Å². The van der Waals surface area contributed by atoms with E-state index in [1.54, 1.807) is 18.2 Å². The number of thiophene rings is 1. The van der Waals surface area contributed by atoms with E-state index in [1.165, 1.54) is 21.9 Å². The summed E-state index contributed by atoms with van der Waals surface area (Å²) < 4.78 is 52.8. The third-order valence-corrected chi connectivity index (χ3v) is 8.51. The number of rotatable bonds is 5. The van der Waals surface area contributed by atoms with Crippen LogP contribution >= 0.6 is 11.3 Å². The Bertz CT molecular complexity index is 994. The summed E-state index contributed by atoms with van der Waals surface area (Å²) in [4.78, 5) is 1.01. The molecule has 0 unspecified atom stereocenters. The number of aryl methyl sites for hydroxylation is 1. The van der Waals surface area contributed by atoms with Crippen molar-refractivity contribution in [1.29, 1.82) is 0 Å². The van der Waals surface area contributed by atoms with Crippen molar-refractivity contribution in [3.8, 4) is 0 Å². The van der Waals surface area contributed by atoms with Crippen molar-refractivity contribution in [2.45, 2.75) is 30.5 Å². The number of sulfonamides is 2. The minimum absolute atomic E-state index is 0.267. The van der Waals surface area contributed by atoms with Gasteiger partial charge in [-0.2, -0.15) is 4.31 Å². The Morgan fingerprint density at radius 1 is 1.12 bits per heavy atom. The van der Waals surface area contributed by atoms with Crippen LogP contribution < -0.4 is 4.72 Å². The first kappa shape index (κ1) is 18.4. The third kappa shape index (κ3) is 4.05. The lowest BCUT2D eigenvalue weighted by molar-refractivity contribution is 0.395. The molecule has 1 aromatic carbocycles. The smallest absolute Gasteiger partial charge is 0.271 e. The van der Waals surface area contributed by atoms with Gasteiger partial charge in [-0.1, -0.05) is 13.0 Å². The number of nitrogens with zero attached hydrogens (tertiary/aromatic N) is 1. The predicted molar refractivity (Wildman–Crippen MR) is 99.9 cm³/mol. The second-order valence-corrected chi connectivity index (χ2v) is 11.1. The number of hydrogen-bond donors (Lipinski definition) is 1. The topological polar surface area (TPSA) is 83.6 Å². The zero-order valence-corrected chi connectivity index (χ0v) is 16.5. The summed E-state index contributed by atoms with van der Waals surface area (Å²) in [6.45, 7) is 2.70. The number of hydrogen-bond acceptors (Lipinski definition) is 5. The molecule has 0 radical (unpaired) electrons. The van der Waals surface area contributed by atoms with Crippen LogP contribution in [0.25, 0.3) is 0 Å². The molecule has 0 fully saturated rings. The summed E-state index contributed by atoms with van der Waals surface area (Å²) in [7, 11) is -6.90. The molecule has 6 nitrogen and oxygen atoms in total. The van der Waals surface area contributed by atoms with Gasteiger partial charge in [0.2, 0.25) is 10.0 Å². The summed E-state index contributed by atoms with van der Waals surface area (Å²) in [5.74, 6) is 0. The first-order valence-corrected chi connectivity index (χ1v) is 12.0. The highest BCUT2D eigenvalue weighted by molar-refractivity contribution is 7.94. The molecule has 0 saturated heterocycles. The van der Waals surface area contributed by atoms with Gasteiger partial charge in [0.1, 0.15) is 4.21 Å². The van der Waals surface area contributed by atoms with Crippen molar-refractivity contribution in [3.63, 3.8) is 0 Å². The molecule has 0 aliphatic carbocycles. The molecular weight excluding hydrogens is 380 g/mol. The second kappa shape index (κ2) is 6.71. The molecule has 0 saturated carbocycles. The molecule has 1 aliphatic rings. The van der Waals surface area contributed by atoms with E-state index in [1.807, 2.05) is 19.1 Å². The van der Waals surface area contributed by atoms with Gasteiger partial charge in [-0.15, -0.1) is 11.3 Å². The van der Waals surface area contributed by atoms with Gasteiger partial charge in [-0.05, 0) is 48.2 Å². The average molecular weight is 401 g/mol. The van der Waals surface area contributed by atoms with Crippen LogP contribution in [0.2, 0.25) is 0 Å². The standard InChI is InChI=1S/C16H20N2O4S3/c1-3-15-6-7-16(23-15)25(21,22)17-14-5-4-12-8-9-18(24(2,19)20)11-13(12)10-14/h4-7,10,17H,3,8-9,11H2,1-2H3. The van der Waals surface area contributed by atoms with Crippen LogP contribution in [0.5, 0.6) is 0 Å². The fourth-order valence-corrected chi connectivity index (χ4v) is 5.92. The van der Waals surface area contributed by atoms with Gasteiger partial charge in [-0.25, -0.2) is 16.8 Å². The van der Waals surface area contributed by atoms with Crippen molar-refractivity contribution in [2.24, 2.45) is 0 Å². The molecule has 1 aliphatic heterocycles. The van der Waals surface area contributed by atoms with Crippen molar-refractivity contribution in [3.05, 3.63) is 46.3 Å². The molecule has 2 aromatic rings. The molecule has 1 aromatic heterocycles. The van der Waals surface area contributed by atoms with E-state index in [-0.39, 0.29) is 10.8 Å². The summed E-state index contributed by atoms with van der Waals surface area (Å²) in [5, 5.41) is 0. The lowest BCUT2D eigenvalue weighted by atomic mass is 10.0. The van der Waals surface area contributed by atoms with E-state index in [4.69, 9.17) is 0 Å². The highest BCUT2D eigenvalue weighted by Crippen LogP contribution is 2.27. The number of fused-ring (bicyclic) bond motifs is 1. The SMILES string of the molecule is CCc1ccc(S(=O)(=O)Nc2ccc3c(c2)CN(S(C)(=O)=O)CC3)s1.